The van der Waals surface area contributed by atoms with Gasteiger partial charge in [-0.15, -0.1) is 0 Å². The van der Waals surface area contributed by atoms with Crippen molar-refractivity contribution in [2.45, 2.75) is 11.8 Å². The van der Waals surface area contributed by atoms with Gasteiger partial charge in [0.2, 0.25) is 11.7 Å². The van der Waals surface area contributed by atoms with Crippen molar-refractivity contribution >= 4 is 38.4 Å². The molecule has 146 valence electrons. The van der Waals surface area contributed by atoms with Crippen molar-refractivity contribution in [1.29, 1.82) is 0 Å². The Hall–Kier alpha value is -3.20. The van der Waals surface area contributed by atoms with Gasteiger partial charge in [-0.2, -0.15) is 0 Å². The third-order valence-corrected chi connectivity index (χ3v) is 5.45. The SMILES string of the molecule is CCOC(=O)c1oc2ccccc2c1NC(=O)CS(=O)(=O)c1ccc(F)cc1. The number of esters is 1. The minimum Gasteiger partial charge on any atom is -0.460 e. The number of sulfone groups is 1. The molecule has 3 aromatic rings. The van der Waals surface area contributed by atoms with Gasteiger partial charge >= 0.3 is 5.97 Å². The maximum Gasteiger partial charge on any atom is 0.376 e. The number of halogens is 1. The number of benzene rings is 2. The Morgan fingerprint density at radius 3 is 2.46 bits per heavy atom. The fourth-order valence-corrected chi connectivity index (χ4v) is 3.72. The van der Waals surface area contributed by atoms with E-state index in [0.29, 0.717) is 11.0 Å². The number of hydrogen-bond acceptors (Lipinski definition) is 6. The first-order valence-electron chi connectivity index (χ1n) is 8.28. The summed E-state index contributed by atoms with van der Waals surface area (Å²) in [4.78, 5) is 24.3. The van der Waals surface area contributed by atoms with Gasteiger partial charge in [0, 0.05) is 5.39 Å². The van der Waals surface area contributed by atoms with Crippen LogP contribution in [0, 0.1) is 5.82 Å². The van der Waals surface area contributed by atoms with Gasteiger partial charge in [0.05, 0.1) is 11.5 Å². The molecular weight excluding hydrogens is 389 g/mol. The highest BCUT2D eigenvalue weighted by molar-refractivity contribution is 7.92. The highest BCUT2D eigenvalue weighted by atomic mass is 32.2. The quantitative estimate of drug-likeness (QED) is 0.499. The molecule has 3 rings (SSSR count). The van der Waals surface area contributed by atoms with Crippen LogP contribution in [0.2, 0.25) is 0 Å². The van der Waals surface area contributed by atoms with Crippen LogP contribution in [-0.2, 0) is 19.4 Å². The Balaban J connectivity index is 1.89. The summed E-state index contributed by atoms with van der Waals surface area (Å²) >= 11 is 0. The Kier molecular flexibility index (Phi) is 5.46. The topological polar surface area (TPSA) is 103 Å². The average Bonchev–Trinajstić information content (AvgIpc) is 3.00. The maximum atomic E-state index is 13.0. The average molecular weight is 405 g/mol. The predicted molar refractivity (Wildman–Crippen MR) is 99.3 cm³/mol. The van der Waals surface area contributed by atoms with Gasteiger partial charge in [-0.25, -0.2) is 17.6 Å². The number of carbonyl (C=O) groups excluding carboxylic acids is 2. The number of para-hydroxylation sites is 1. The molecule has 7 nitrogen and oxygen atoms in total. The molecule has 0 aliphatic heterocycles. The van der Waals surface area contributed by atoms with Crippen LogP contribution in [0.25, 0.3) is 11.0 Å². The summed E-state index contributed by atoms with van der Waals surface area (Å²) in [6.45, 7) is 1.72. The predicted octanol–water partition coefficient (Wildman–Crippen LogP) is 3.16. The van der Waals surface area contributed by atoms with Gasteiger partial charge < -0.3 is 14.5 Å². The molecule has 0 unspecified atom stereocenters. The molecule has 0 bridgehead atoms. The molecule has 1 amide bonds. The molecular formula is C19H16FNO6S. The summed E-state index contributed by atoms with van der Waals surface area (Å²) in [6, 6.07) is 10.7. The van der Waals surface area contributed by atoms with Crippen molar-refractivity contribution in [1.82, 2.24) is 0 Å². The molecule has 0 fully saturated rings. The van der Waals surface area contributed by atoms with Gasteiger partial charge in [-0.3, -0.25) is 4.79 Å². The standard InChI is InChI=1S/C19H16FNO6S/c1-2-26-19(23)18-17(14-5-3-4-6-15(14)27-18)21-16(22)11-28(24,25)13-9-7-12(20)8-10-13/h3-10H,2,11H2,1H3,(H,21,22). The van der Waals surface area contributed by atoms with E-state index in [-0.39, 0.29) is 22.9 Å². The molecule has 0 aliphatic carbocycles. The zero-order chi connectivity index (χ0) is 20.3. The first-order valence-corrected chi connectivity index (χ1v) is 9.94. The van der Waals surface area contributed by atoms with Crippen molar-refractivity contribution in [2.24, 2.45) is 0 Å². The lowest BCUT2D eigenvalue weighted by molar-refractivity contribution is -0.113. The largest absolute Gasteiger partial charge is 0.460 e. The molecule has 1 aromatic heterocycles. The third-order valence-electron chi connectivity index (χ3n) is 3.81. The molecule has 0 radical (unpaired) electrons. The monoisotopic (exact) mass is 405 g/mol. The number of nitrogens with one attached hydrogen (secondary N) is 1. The molecule has 1 heterocycles. The van der Waals surface area contributed by atoms with Crippen molar-refractivity contribution in [3.05, 3.63) is 60.1 Å². The van der Waals surface area contributed by atoms with Crippen LogP contribution < -0.4 is 5.32 Å². The van der Waals surface area contributed by atoms with E-state index < -0.39 is 33.3 Å². The normalized spacial score (nSPS) is 11.4. The number of hydrogen-bond donors (Lipinski definition) is 1. The summed E-state index contributed by atoms with van der Waals surface area (Å²) in [5, 5.41) is 2.85. The number of rotatable bonds is 6. The molecule has 28 heavy (non-hydrogen) atoms. The van der Waals surface area contributed by atoms with Crippen LogP contribution in [0.15, 0.2) is 57.8 Å². The number of carbonyl (C=O) groups is 2. The first kappa shape index (κ1) is 19.6. The second-order valence-corrected chi connectivity index (χ2v) is 7.77. The first-order chi connectivity index (χ1) is 13.3. The second-order valence-electron chi connectivity index (χ2n) is 5.78. The lowest BCUT2D eigenvalue weighted by Crippen LogP contribution is -2.24. The molecule has 0 saturated heterocycles. The van der Waals surface area contributed by atoms with E-state index in [2.05, 4.69) is 5.32 Å². The van der Waals surface area contributed by atoms with E-state index in [1.807, 2.05) is 0 Å². The van der Waals surface area contributed by atoms with Crippen LogP contribution in [0.5, 0.6) is 0 Å². The van der Waals surface area contributed by atoms with Gasteiger partial charge in [-0.05, 0) is 43.3 Å². The summed E-state index contributed by atoms with van der Waals surface area (Å²) in [5.74, 6) is -3.36. The van der Waals surface area contributed by atoms with Crippen molar-refractivity contribution in [3.63, 3.8) is 0 Å². The van der Waals surface area contributed by atoms with Crippen LogP contribution in [-0.4, -0.2) is 32.7 Å². The molecule has 0 saturated carbocycles. The lowest BCUT2D eigenvalue weighted by atomic mass is 10.2. The van der Waals surface area contributed by atoms with Gasteiger partial charge in [0.25, 0.3) is 0 Å². The summed E-state index contributed by atoms with van der Waals surface area (Å²) in [5.41, 5.74) is 0.371. The zero-order valence-electron chi connectivity index (χ0n) is 14.8. The Labute approximate surface area is 160 Å². The number of ether oxygens (including phenoxy) is 1. The molecule has 9 heteroatoms. The van der Waals surface area contributed by atoms with E-state index >= 15 is 0 Å². The van der Waals surface area contributed by atoms with Crippen LogP contribution in [0.1, 0.15) is 17.5 Å². The molecule has 2 aromatic carbocycles. The Morgan fingerprint density at radius 2 is 1.79 bits per heavy atom. The lowest BCUT2D eigenvalue weighted by Gasteiger charge is -2.07. The van der Waals surface area contributed by atoms with Gasteiger partial charge in [-0.1, -0.05) is 12.1 Å². The van der Waals surface area contributed by atoms with E-state index in [9.17, 15) is 22.4 Å². The number of amides is 1. The molecule has 0 aliphatic rings. The Morgan fingerprint density at radius 1 is 1.11 bits per heavy atom. The molecule has 0 atom stereocenters. The highest BCUT2D eigenvalue weighted by Gasteiger charge is 2.26. The molecule has 1 N–H and O–H groups in total. The second kappa shape index (κ2) is 7.81. The van der Waals surface area contributed by atoms with E-state index in [4.69, 9.17) is 9.15 Å². The van der Waals surface area contributed by atoms with E-state index in [1.54, 1.807) is 31.2 Å². The number of furan rings is 1. The summed E-state index contributed by atoms with van der Waals surface area (Å²) in [7, 11) is -4.00. The van der Waals surface area contributed by atoms with Crippen molar-refractivity contribution < 1.29 is 31.6 Å². The molecule has 0 spiro atoms. The van der Waals surface area contributed by atoms with Crippen molar-refractivity contribution in [3.8, 4) is 0 Å². The van der Waals surface area contributed by atoms with Crippen LogP contribution >= 0.6 is 0 Å². The number of fused-ring (bicyclic) bond motifs is 1. The smallest absolute Gasteiger partial charge is 0.376 e. The minimum absolute atomic E-state index is 0.0355. The fraction of sp³-hybridized carbons (Fsp3) is 0.158. The van der Waals surface area contributed by atoms with Gasteiger partial charge in [0.15, 0.2) is 9.84 Å². The zero-order valence-corrected chi connectivity index (χ0v) is 15.6. The summed E-state index contributed by atoms with van der Waals surface area (Å²) < 4.78 is 48.1. The minimum atomic E-state index is -4.00. The third kappa shape index (κ3) is 4.04. The maximum absolute atomic E-state index is 13.0. The Bertz CT molecular complexity index is 1130. The summed E-state index contributed by atoms with van der Waals surface area (Å²) in [6.07, 6.45) is 0. The number of anilines is 1. The van der Waals surface area contributed by atoms with Crippen LogP contribution in [0.4, 0.5) is 10.1 Å². The fourth-order valence-electron chi connectivity index (χ4n) is 2.58. The van der Waals surface area contributed by atoms with Crippen LogP contribution in [0.3, 0.4) is 0 Å². The highest BCUT2D eigenvalue weighted by Crippen LogP contribution is 2.31. The van der Waals surface area contributed by atoms with Crippen molar-refractivity contribution in [2.75, 3.05) is 17.7 Å². The van der Waals surface area contributed by atoms with Gasteiger partial charge in [0.1, 0.15) is 22.8 Å². The van der Waals surface area contributed by atoms with E-state index in [0.717, 1.165) is 24.3 Å². The van der Waals surface area contributed by atoms with E-state index in [1.165, 1.54) is 0 Å².